The summed E-state index contributed by atoms with van der Waals surface area (Å²) in [6, 6.07) is 36.4. The minimum atomic E-state index is -2.74. The van der Waals surface area contributed by atoms with Crippen LogP contribution in [-0.2, 0) is 12.2 Å². The van der Waals surface area contributed by atoms with Gasteiger partial charge in [0.05, 0.1) is 0 Å². The van der Waals surface area contributed by atoms with Crippen LogP contribution in [0.15, 0.2) is 103 Å². The van der Waals surface area contributed by atoms with Crippen molar-refractivity contribution in [3.63, 3.8) is 0 Å². The highest BCUT2D eigenvalue weighted by Gasteiger charge is 2.49. The molecule has 5 aromatic carbocycles. The maximum atomic E-state index is 6.98. The summed E-state index contributed by atoms with van der Waals surface area (Å²) < 4.78 is 14.0. The first kappa shape index (κ1) is 22.2. The van der Waals surface area contributed by atoms with Gasteiger partial charge in [-0.3, -0.25) is 0 Å². The molecule has 2 atom stereocenters. The Hall–Kier alpha value is -3.00. The van der Waals surface area contributed by atoms with Crippen LogP contribution in [0, 0.1) is 0 Å². The summed E-state index contributed by atoms with van der Waals surface area (Å²) in [5, 5.41) is 4.72. The van der Waals surface area contributed by atoms with Gasteiger partial charge >= 0.3 is 0 Å². The molecule has 0 N–H and O–H groups in total. The Morgan fingerprint density at radius 3 is 1.72 bits per heavy atom. The molecule has 1 aliphatic carbocycles. The van der Waals surface area contributed by atoms with E-state index >= 15 is 0 Å². The summed E-state index contributed by atoms with van der Waals surface area (Å²) in [5.41, 5.74) is 3.71. The molecule has 178 valence electrons. The molecule has 1 aliphatic heterocycles. The lowest BCUT2D eigenvalue weighted by Crippen LogP contribution is -2.30. The van der Waals surface area contributed by atoms with Gasteiger partial charge in [0.25, 0.3) is 6.92 Å². The van der Waals surface area contributed by atoms with E-state index < -0.39 is 6.92 Å². The molecule has 4 heteroatoms. The fourth-order valence-corrected chi connectivity index (χ4v) is 9.84. The Kier molecular flexibility index (Phi) is 5.45. The number of benzene rings is 5. The van der Waals surface area contributed by atoms with Gasteiger partial charge in [-0.2, -0.15) is 0 Å². The first-order valence-corrected chi connectivity index (χ1v) is 15.5. The third-order valence-electron chi connectivity index (χ3n) is 7.85. The first-order chi connectivity index (χ1) is 17.7. The Bertz CT molecular complexity index is 1490. The number of fused-ring (bicyclic) bond motifs is 7. The molecule has 0 amide bonds. The van der Waals surface area contributed by atoms with Crippen LogP contribution >= 0.6 is 6.92 Å². The molecule has 36 heavy (non-hydrogen) atoms. The summed E-state index contributed by atoms with van der Waals surface area (Å²) in [6.07, 6.45) is 4.53. The molecular weight excluding hydrogens is 479 g/mol. The lowest BCUT2D eigenvalue weighted by molar-refractivity contribution is 0.395. The van der Waals surface area contributed by atoms with E-state index in [1.165, 1.54) is 33.5 Å². The zero-order valence-electron chi connectivity index (χ0n) is 20.0. The molecular formula is C32H27O2PS. The van der Waals surface area contributed by atoms with Crippen molar-refractivity contribution in [2.75, 3.05) is 0 Å². The van der Waals surface area contributed by atoms with Crippen molar-refractivity contribution in [3.8, 4) is 22.6 Å². The standard InChI is InChI=1S/C32H27O2PS/c36-35(30-17-9-8-14-25(30)22-10-2-1-3-11-22)33-28-20-18-23-12-4-6-15-26(23)31(28)32-27-16-7-5-13-24(27)19-21-29(32)34-35/h1-7,10-13,15-16,18-21,25,30H,8-9,14,17H2/t25-,30+/m0/s1. The van der Waals surface area contributed by atoms with Gasteiger partial charge < -0.3 is 21.3 Å². The molecule has 0 saturated heterocycles. The molecule has 0 radical (unpaired) electrons. The van der Waals surface area contributed by atoms with E-state index in [2.05, 4.69) is 103 Å². The van der Waals surface area contributed by atoms with E-state index in [4.69, 9.17) is 21.3 Å². The quantitative estimate of drug-likeness (QED) is 0.175. The second kappa shape index (κ2) is 8.83. The first-order valence-electron chi connectivity index (χ1n) is 12.8. The van der Waals surface area contributed by atoms with Gasteiger partial charge in [0.2, 0.25) is 0 Å². The Labute approximate surface area is 217 Å². The van der Waals surface area contributed by atoms with Crippen LogP contribution in [-0.4, -0.2) is 5.66 Å². The third-order valence-corrected chi connectivity index (χ3v) is 11.4. The lowest BCUT2D eigenvalue weighted by atomic mass is 9.83. The highest BCUT2D eigenvalue weighted by molar-refractivity contribution is 8.38. The van der Waals surface area contributed by atoms with Crippen molar-refractivity contribution in [1.82, 2.24) is 0 Å². The number of hydrogen-bond donors (Lipinski definition) is 0. The maximum Gasteiger partial charge on any atom is 0.254 e. The van der Waals surface area contributed by atoms with Gasteiger partial charge in [0, 0.05) is 17.0 Å². The van der Waals surface area contributed by atoms with E-state index in [1.54, 1.807) is 0 Å². The summed E-state index contributed by atoms with van der Waals surface area (Å²) >= 11 is 6.50. The van der Waals surface area contributed by atoms with E-state index in [0.717, 1.165) is 41.9 Å². The van der Waals surface area contributed by atoms with E-state index in [-0.39, 0.29) is 5.66 Å². The highest BCUT2D eigenvalue weighted by atomic mass is 32.7. The zero-order valence-corrected chi connectivity index (χ0v) is 21.7. The van der Waals surface area contributed by atoms with Crippen molar-refractivity contribution in [1.29, 1.82) is 0 Å². The molecule has 0 spiro atoms. The minimum Gasteiger partial charge on any atom is -0.472 e. The van der Waals surface area contributed by atoms with Gasteiger partial charge in [-0.1, -0.05) is 97.4 Å². The predicted molar refractivity (Wildman–Crippen MR) is 154 cm³/mol. The van der Waals surface area contributed by atoms with Gasteiger partial charge in [0.1, 0.15) is 5.66 Å². The van der Waals surface area contributed by atoms with Crippen LogP contribution in [0.3, 0.4) is 0 Å². The fraction of sp³-hybridized carbons (Fsp3) is 0.188. The summed E-state index contributed by atoms with van der Waals surface area (Å²) in [6.45, 7) is -2.74. The second-order valence-corrected chi connectivity index (χ2v) is 13.5. The minimum absolute atomic E-state index is 0.167. The van der Waals surface area contributed by atoms with Crippen molar-refractivity contribution < 1.29 is 9.05 Å². The average molecular weight is 507 g/mol. The van der Waals surface area contributed by atoms with Gasteiger partial charge in [-0.05, 0) is 58.5 Å². The van der Waals surface area contributed by atoms with Gasteiger partial charge in [0.15, 0.2) is 11.5 Å². The number of rotatable bonds is 2. The Balaban J connectivity index is 1.47. The normalized spacial score (nSPS) is 20.6. The highest BCUT2D eigenvalue weighted by Crippen LogP contribution is 2.71. The zero-order chi connectivity index (χ0) is 24.1. The van der Waals surface area contributed by atoms with Crippen LogP contribution in [0.25, 0.3) is 32.7 Å². The van der Waals surface area contributed by atoms with Crippen LogP contribution in [0.5, 0.6) is 11.5 Å². The van der Waals surface area contributed by atoms with Gasteiger partial charge in [-0.15, -0.1) is 0 Å². The number of hydrogen-bond acceptors (Lipinski definition) is 3. The second-order valence-electron chi connectivity index (χ2n) is 9.91. The largest absolute Gasteiger partial charge is 0.472 e. The van der Waals surface area contributed by atoms with Crippen LogP contribution in [0.4, 0.5) is 0 Å². The molecule has 0 aromatic heterocycles. The molecule has 2 nitrogen and oxygen atoms in total. The third kappa shape index (κ3) is 3.60. The van der Waals surface area contributed by atoms with Crippen molar-refractivity contribution >= 4 is 40.7 Å². The van der Waals surface area contributed by atoms with E-state index in [0.29, 0.717) is 5.92 Å². The van der Waals surface area contributed by atoms with Crippen LogP contribution in [0.2, 0.25) is 0 Å². The van der Waals surface area contributed by atoms with Crippen LogP contribution in [0.1, 0.15) is 37.2 Å². The van der Waals surface area contributed by atoms with Crippen molar-refractivity contribution in [3.05, 3.63) is 109 Å². The monoisotopic (exact) mass is 506 g/mol. The molecule has 1 fully saturated rings. The average Bonchev–Trinajstić information content (AvgIpc) is 3.08. The molecule has 1 heterocycles. The Morgan fingerprint density at radius 2 is 1.11 bits per heavy atom. The molecule has 1 saturated carbocycles. The summed E-state index contributed by atoms with van der Waals surface area (Å²) in [7, 11) is 0. The Morgan fingerprint density at radius 1 is 0.583 bits per heavy atom. The van der Waals surface area contributed by atoms with Crippen molar-refractivity contribution in [2.24, 2.45) is 0 Å². The maximum absolute atomic E-state index is 6.98. The molecule has 0 unspecified atom stereocenters. The van der Waals surface area contributed by atoms with Crippen LogP contribution < -0.4 is 9.05 Å². The smallest absolute Gasteiger partial charge is 0.254 e. The van der Waals surface area contributed by atoms with E-state index in [1.807, 2.05) is 0 Å². The molecule has 2 aliphatic rings. The van der Waals surface area contributed by atoms with E-state index in [9.17, 15) is 0 Å². The molecule has 7 rings (SSSR count). The molecule has 0 bridgehead atoms. The topological polar surface area (TPSA) is 18.5 Å². The predicted octanol–water partition coefficient (Wildman–Crippen LogP) is 9.47. The summed E-state index contributed by atoms with van der Waals surface area (Å²) in [5.74, 6) is 2.05. The van der Waals surface area contributed by atoms with Crippen molar-refractivity contribution in [2.45, 2.75) is 37.3 Å². The fourth-order valence-electron chi connectivity index (χ4n) is 6.18. The SMILES string of the molecule is [S-][P+]1([C@@H]2CCCC[C@H]2c2ccccc2)Oc2ccc3ccccc3c2-c2c(ccc3ccccc23)O1. The lowest BCUT2D eigenvalue weighted by Gasteiger charge is -2.41. The molecule has 5 aromatic rings. The summed E-state index contributed by atoms with van der Waals surface area (Å²) in [4.78, 5) is 0. The van der Waals surface area contributed by atoms with Gasteiger partial charge in [-0.25, -0.2) is 0 Å².